The van der Waals surface area contributed by atoms with Crippen LogP contribution >= 0.6 is 0 Å². The molecule has 0 saturated heterocycles. The molecule has 1 aromatic carbocycles. The first kappa shape index (κ1) is 11.3. The molecule has 18 heavy (non-hydrogen) atoms. The monoisotopic (exact) mass is 240 g/mol. The molecule has 1 fully saturated rings. The number of carbonyl (C=O) groups excluding carboxylic acids is 2. The molecular formula is C13H13BN2O2. The third-order valence-electron chi connectivity index (χ3n) is 3.83. The van der Waals surface area contributed by atoms with Crippen molar-refractivity contribution in [3.05, 3.63) is 29.3 Å². The summed E-state index contributed by atoms with van der Waals surface area (Å²) >= 11 is 0. The van der Waals surface area contributed by atoms with Crippen molar-refractivity contribution in [1.82, 2.24) is 4.90 Å². The van der Waals surface area contributed by atoms with Crippen LogP contribution in [0.25, 0.3) is 0 Å². The third-order valence-corrected chi connectivity index (χ3v) is 3.83. The lowest BCUT2D eigenvalue weighted by Crippen LogP contribution is -2.47. The van der Waals surface area contributed by atoms with Crippen LogP contribution in [-0.4, -0.2) is 37.7 Å². The third kappa shape index (κ3) is 1.62. The minimum atomic E-state index is -0.474. The van der Waals surface area contributed by atoms with Gasteiger partial charge in [-0.2, -0.15) is 0 Å². The van der Waals surface area contributed by atoms with Crippen molar-refractivity contribution in [3.63, 3.8) is 0 Å². The van der Waals surface area contributed by atoms with E-state index in [1.807, 2.05) is 6.07 Å². The van der Waals surface area contributed by atoms with E-state index in [0.717, 1.165) is 18.4 Å². The van der Waals surface area contributed by atoms with E-state index < -0.39 is 5.91 Å². The van der Waals surface area contributed by atoms with Crippen LogP contribution in [0.3, 0.4) is 0 Å². The smallest absolute Gasteiger partial charge is 0.254 e. The molecule has 1 aliphatic carbocycles. The average molecular weight is 240 g/mol. The Hall–Kier alpha value is -1.78. The summed E-state index contributed by atoms with van der Waals surface area (Å²) in [5.41, 5.74) is 7.57. The highest BCUT2D eigenvalue weighted by Gasteiger charge is 2.51. The maximum atomic E-state index is 12.3. The number of primary amides is 1. The molecule has 2 amide bonds. The maximum Gasteiger partial charge on any atom is 0.254 e. The van der Waals surface area contributed by atoms with Gasteiger partial charge in [0.1, 0.15) is 7.85 Å². The molecule has 0 unspecified atom stereocenters. The Morgan fingerprint density at radius 1 is 1.44 bits per heavy atom. The van der Waals surface area contributed by atoms with Gasteiger partial charge in [-0.1, -0.05) is 17.6 Å². The number of fused-ring (bicyclic) bond motifs is 2. The van der Waals surface area contributed by atoms with Crippen molar-refractivity contribution in [3.8, 4) is 0 Å². The van der Waals surface area contributed by atoms with E-state index in [1.54, 1.807) is 17.0 Å². The van der Waals surface area contributed by atoms with Crippen LogP contribution in [0.5, 0.6) is 0 Å². The Morgan fingerprint density at radius 2 is 2.17 bits per heavy atom. The summed E-state index contributed by atoms with van der Waals surface area (Å²) in [4.78, 5) is 24.8. The standard InChI is InChI=1S/C13H13BN2O2/c14-8-1-2-9-10(5-8)13(3-4-13)7-16(12(9)18)6-11(15)17/h1-2,5H,3-4,6-7H2,(H2,15,17). The topological polar surface area (TPSA) is 63.4 Å². The number of nitrogens with two attached hydrogens (primary N) is 1. The van der Waals surface area contributed by atoms with Crippen LogP contribution in [0.15, 0.2) is 18.2 Å². The summed E-state index contributed by atoms with van der Waals surface area (Å²) in [6.07, 6.45) is 2.07. The van der Waals surface area contributed by atoms with Crippen LogP contribution in [0.4, 0.5) is 0 Å². The molecule has 1 spiro atoms. The van der Waals surface area contributed by atoms with Gasteiger partial charge in [0, 0.05) is 17.5 Å². The molecule has 90 valence electrons. The maximum absolute atomic E-state index is 12.3. The molecule has 0 atom stereocenters. The molecule has 3 rings (SSSR count). The minimum absolute atomic E-state index is 0.00801. The molecule has 0 bridgehead atoms. The summed E-state index contributed by atoms with van der Waals surface area (Å²) in [5, 5.41) is 0. The van der Waals surface area contributed by atoms with Crippen LogP contribution < -0.4 is 11.2 Å². The fourth-order valence-corrected chi connectivity index (χ4v) is 2.77. The number of amides is 2. The molecule has 1 saturated carbocycles. The first-order valence-corrected chi connectivity index (χ1v) is 5.99. The van der Waals surface area contributed by atoms with Gasteiger partial charge in [0.2, 0.25) is 5.91 Å². The molecule has 2 N–H and O–H groups in total. The molecule has 1 heterocycles. The lowest BCUT2D eigenvalue weighted by Gasteiger charge is -2.34. The summed E-state index contributed by atoms with van der Waals surface area (Å²) in [7, 11) is 5.79. The van der Waals surface area contributed by atoms with Gasteiger partial charge in [-0.3, -0.25) is 9.59 Å². The Morgan fingerprint density at radius 3 is 2.78 bits per heavy atom. The summed E-state index contributed by atoms with van der Waals surface area (Å²) in [6, 6.07) is 5.36. The van der Waals surface area contributed by atoms with Crippen LogP contribution in [0.2, 0.25) is 0 Å². The Kier molecular flexibility index (Phi) is 2.27. The molecule has 4 nitrogen and oxygen atoms in total. The van der Waals surface area contributed by atoms with Gasteiger partial charge in [0.25, 0.3) is 5.91 Å². The summed E-state index contributed by atoms with van der Waals surface area (Å²) < 4.78 is 0. The van der Waals surface area contributed by atoms with Crippen molar-refractivity contribution < 1.29 is 9.59 Å². The molecule has 0 aromatic heterocycles. The first-order valence-electron chi connectivity index (χ1n) is 5.99. The Balaban J connectivity index is 2.04. The zero-order valence-corrected chi connectivity index (χ0v) is 9.98. The SMILES string of the molecule is [B]c1ccc2c(c1)C1(CC1)CN(CC(N)=O)C2=O. The Labute approximate surface area is 107 Å². The number of hydrogen-bond acceptors (Lipinski definition) is 2. The second kappa shape index (κ2) is 3.61. The molecule has 2 radical (unpaired) electrons. The van der Waals surface area contributed by atoms with Gasteiger partial charge in [-0.05, 0) is 24.5 Å². The largest absolute Gasteiger partial charge is 0.368 e. The highest BCUT2D eigenvalue weighted by molar-refractivity contribution is 6.32. The number of carbonyl (C=O) groups is 2. The van der Waals surface area contributed by atoms with Crippen LogP contribution in [0.1, 0.15) is 28.8 Å². The van der Waals surface area contributed by atoms with Crippen molar-refractivity contribution in [1.29, 1.82) is 0 Å². The van der Waals surface area contributed by atoms with E-state index in [1.165, 1.54) is 0 Å². The highest BCUT2D eigenvalue weighted by atomic mass is 16.2. The minimum Gasteiger partial charge on any atom is -0.368 e. The molecule has 5 heteroatoms. The quantitative estimate of drug-likeness (QED) is 0.705. The van der Waals surface area contributed by atoms with Gasteiger partial charge in [0.05, 0.1) is 6.54 Å². The van der Waals surface area contributed by atoms with Crippen molar-refractivity contribution in [2.45, 2.75) is 18.3 Å². The van der Waals surface area contributed by atoms with E-state index in [-0.39, 0.29) is 17.9 Å². The average Bonchev–Trinajstić information content (AvgIpc) is 3.06. The second-order valence-electron chi connectivity index (χ2n) is 5.21. The predicted octanol–water partition coefficient (Wildman–Crippen LogP) is -0.547. The highest BCUT2D eigenvalue weighted by Crippen LogP contribution is 2.51. The normalized spacial score (nSPS) is 19.8. The molecule has 2 aliphatic rings. The fourth-order valence-electron chi connectivity index (χ4n) is 2.77. The molecule has 1 aromatic rings. The van der Waals surface area contributed by atoms with E-state index in [9.17, 15) is 9.59 Å². The van der Waals surface area contributed by atoms with Crippen LogP contribution in [-0.2, 0) is 10.2 Å². The number of benzene rings is 1. The number of rotatable bonds is 2. The summed E-state index contributed by atoms with van der Waals surface area (Å²) in [5.74, 6) is -0.598. The zero-order valence-electron chi connectivity index (χ0n) is 9.98. The summed E-state index contributed by atoms with van der Waals surface area (Å²) in [6.45, 7) is 0.565. The van der Waals surface area contributed by atoms with Gasteiger partial charge >= 0.3 is 0 Å². The molecular weight excluding hydrogens is 227 g/mol. The number of nitrogens with zero attached hydrogens (tertiary/aromatic N) is 1. The zero-order chi connectivity index (χ0) is 12.9. The van der Waals surface area contributed by atoms with Crippen molar-refractivity contribution in [2.75, 3.05) is 13.1 Å². The van der Waals surface area contributed by atoms with Gasteiger partial charge in [-0.25, -0.2) is 0 Å². The van der Waals surface area contributed by atoms with E-state index in [0.29, 0.717) is 17.6 Å². The lowest BCUT2D eigenvalue weighted by atomic mass is 9.82. The second-order valence-corrected chi connectivity index (χ2v) is 5.21. The van der Waals surface area contributed by atoms with Gasteiger partial charge in [0.15, 0.2) is 0 Å². The lowest BCUT2D eigenvalue weighted by molar-refractivity contribution is -0.118. The van der Waals surface area contributed by atoms with E-state index >= 15 is 0 Å². The van der Waals surface area contributed by atoms with Crippen molar-refractivity contribution in [2.24, 2.45) is 5.73 Å². The first-order chi connectivity index (χ1) is 8.52. The van der Waals surface area contributed by atoms with Crippen molar-refractivity contribution >= 4 is 25.1 Å². The predicted molar refractivity (Wildman–Crippen MR) is 67.8 cm³/mol. The number of hydrogen-bond donors (Lipinski definition) is 1. The van der Waals surface area contributed by atoms with Crippen LogP contribution in [0, 0.1) is 0 Å². The van der Waals surface area contributed by atoms with Gasteiger partial charge in [-0.15, -0.1) is 0 Å². The molecule has 1 aliphatic heterocycles. The van der Waals surface area contributed by atoms with Gasteiger partial charge < -0.3 is 10.6 Å². The Bertz CT molecular complexity index is 552. The van der Waals surface area contributed by atoms with E-state index in [4.69, 9.17) is 13.6 Å². The van der Waals surface area contributed by atoms with E-state index in [2.05, 4.69) is 0 Å². The fraction of sp³-hybridized carbons (Fsp3) is 0.385.